The number of benzene rings is 1. The maximum absolute atomic E-state index is 12.4. The van der Waals surface area contributed by atoms with Crippen molar-refractivity contribution in [3.05, 3.63) is 48.2 Å². The van der Waals surface area contributed by atoms with E-state index in [2.05, 4.69) is 15.2 Å². The summed E-state index contributed by atoms with van der Waals surface area (Å²) in [6, 6.07) is 10.7. The van der Waals surface area contributed by atoms with Crippen LogP contribution in [0.1, 0.15) is 23.2 Å². The summed E-state index contributed by atoms with van der Waals surface area (Å²) in [5.74, 6) is 0.546. The molecule has 28 heavy (non-hydrogen) atoms. The molecule has 0 aliphatic carbocycles. The van der Waals surface area contributed by atoms with Crippen LogP contribution >= 0.6 is 0 Å². The second-order valence-electron chi connectivity index (χ2n) is 7.57. The van der Waals surface area contributed by atoms with Crippen LogP contribution in [0, 0.1) is 5.41 Å². The molecule has 1 aromatic carbocycles. The molecule has 2 aliphatic rings. The molecular weight excluding hydrogens is 358 g/mol. The number of nitrogen functional groups attached to an aromatic ring is 1. The van der Waals surface area contributed by atoms with Gasteiger partial charge in [-0.1, -0.05) is 12.1 Å². The number of hydrogen-bond acceptors (Lipinski definition) is 5. The van der Waals surface area contributed by atoms with Gasteiger partial charge in [0, 0.05) is 37.8 Å². The van der Waals surface area contributed by atoms with Gasteiger partial charge in [-0.2, -0.15) is 0 Å². The highest BCUT2D eigenvalue weighted by molar-refractivity contribution is 6.05. The minimum Gasteiger partial charge on any atom is -0.465 e. The van der Waals surface area contributed by atoms with Crippen LogP contribution in [0.4, 0.5) is 22.0 Å². The predicted octanol–water partition coefficient (Wildman–Crippen LogP) is 2.50. The lowest BCUT2D eigenvalue weighted by atomic mass is 9.86. The van der Waals surface area contributed by atoms with Crippen LogP contribution in [0.25, 0.3) is 0 Å². The third-order valence-corrected chi connectivity index (χ3v) is 5.69. The summed E-state index contributed by atoms with van der Waals surface area (Å²) in [5.41, 5.74) is 7.41. The zero-order valence-corrected chi connectivity index (χ0v) is 15.5. The molecule has 0 saturated carbocycles. The molecule has 2 aromatic rings. The van der Waals surface area contributed by atoms with Crippen molar-refractivity contribution in [3.8, 4) is 0 Å². The number of carbonyl (C=O) groups excluding carboxylic acids is 1. The Bertz CT molecular complexity index is 901. The van der Waals surface area contributed by atoms with Gasteiger partial charge in [0.25, 0.3) is 5.91 Å². The number of likely N-dealkylation sites (tertiary alicyclic amines) is 1. The molecule has 2 aliphatic heterocycles. The summed E-state index contributed by atoms with van der Waals surface area (Å²) >= 11 is 0. The van der Waals surface area contributed by atoms with Gasteiger partial charge in [-0.05, 0) is 37.1 Å². The van der Waals surface area contributed by atoms with Crippen LogP contribution in [0.3, 0.4) is 0 Å². The Morgan fingerprint density at radius 1 is 1.11 bits per heavy atom. The number of rotatable bonds is 3. The Morgan fingerprint density at radius 3 is 2.57 bits per heavy atom. The fraction of sp³-hybridized carbons (Fsp3) is 0.350. The Morgan fingerprint density at radius 2 is 1.89 bits per heavy atom. The van der Waals surface area contributed by atoms with Gasteiger partial charge in [0.1, 0.15) is 5.82 Å². The van der Waals surface area contributed by atoms with E-state index in [9.17, 15) is 14.7 Å². The van der Waals surface area contributed by atoms with Crippen molar-refractivity contribution in [3.63, 3.8) is 0 Å². The van der Waals surface area contributed by atoms with Crippen molar-refractivity contribution < 1.29 is 14.7 Å². The van der Waals surface area contributed by atoms with Crippen molar-refractivity contribution in [2.75, 3.05) is 42.1 Å². The van der Waals surface area contributed by atoms with Gasteiger partial charge in [-0.3, -0.25) is 4.79 Å². The number of para-hydroxylation sites is 2. The Balaban J connectivity index is 1.41. The normalized spacial score (nSPS) is 21.3. The SMILES string of the molecule is Nc1ccccc1NC(=O)c1ccc(N2CCC3(CCN(C(=O)O)C3)C2)nc1. The van der Waals surface area contributed by atoms with Gasteiger partial charge < -0.3 is 26.0 Å². The largest absolute Gasteiger partial charge is 0.465 e. The molecule has 1 atom stereocenters. The lowest BCUT2D eigenvalue weighted by molar-refractivity contribution is 0.102. The number of nitrogens with one attached hydrogen (secondary N) is 1. The molecule has 0 bridgehead atoms. The fourth-order valence-corrected chi connectivity index (χ4v) is 4.07. The third kappa shape index (κ3) is 3.45. The summed E-state index contributed by atoms with van der Waals surface area (Å²) in [6.07, 6.45) is 2.55. The van der Waals surface area contributed by atoms with Crippen LogP contribution in [-0.4, -0.2) is 53.2 Å². The first kappa shape index (κ1) is 18.1. The number of pyridine rings is 1. The molecule has 8 nitrogen and oxygen atoms in total. The fourth-order valence-electron chi connectivity index (χ4n) is 4.07. The van der Waals surface area contributed by atoms with Gasteiger partial charge in [-0.15, -0.1) is 0 Å². The van der Waals surface area contributed by atoms with Crippen molar-refractivity contribution in [1.82, 2.24) is 9.88 Å². The second kappa shape index (κ2) is 7.03. The topological polar surface area (TPSA) is 112 Å². The number of aromatic nitrogens is 1. The highest BCUT2D eigenvalue weighted by Gasteiger charge is 2.45. The highest BCUT2D eigenvalue weighted by Crippen LogP contribution is 2.40. The van der Waals surface area contributed by atoms with Crippen molar-refractivity contribution in [2.45, 2.75) is 12.8 Å². The molecule has 3 heterocycles. The van der Waals surface area contributed by atoms with E-state index in [0.717, 1.165) is 31.7 Å². The van der Waals surface area contributed by atoms with Crippen LogP contribution in [-0.2, 0) is 0 Å². The number of carbonyl (C=O) groups is 2. The monoisotopic (exact) mass is 381 g/mol. The summed E-state index contributed by atoms with van der Waals surface area (Å²) in [6.45, 7) is 2.80. The molecule has 2 amide bonds. The Hall–Kier alpha value is -3.29. The Kier molecular flexibility index (Phi) is 4.54. The van der Waals surface area contributed by atoms with Crippen LogP contribution in [0.5, 0.6) is 0 Å². The Labute approximate surface area is 163 Å². The molecule has 4 rings (SSSR count). The number of hydrogen-bond donors (Lipinski definition) is 3. The molecule has 8 heteroatoms. The van der Waals surface area contributed by atoms with E-state index in [1.54, 1.807) is 24.4 Å². The zero-order chi connectivity index (χ0) is 19.7. The van der Waals surface area contributed by atoms with Crippen molar-refractivity contribution >= 4 is 29.2 Å². The predicted molar refractivity (Wildman–Crippen MR) is 107 cm³/mol. The van der Waals surface area contributed by atoms with Gasteiger partial charge in [-0.25, -0.2) is 9.78 Å². The van der Waals surface area contributed by atoms with Crippen LogP contribution in [0.15, 0.2) is 42.6 Å². The van der Waals surface area contributed by atoms with E-state index < -0.39 is 6.09 Å². The highest BCUT2D eigenvalue weighted by atomic mass is 16.4. The van der Waals surface area contributed by atoms with E-state index in [1.807, 2.05) is 18.2 Å². The summed E-state index contributed by atoms with van der Waals surface area (Å²) < 4.78 is 0. The minimum atomic E-state index is -0.845. The number of nitrogens with zero attached hydrogens (tertiary/aromatic N) is 3. The van der Waals surface area contributed by atoms with Gasteiger partial charge in [0.2, 0.25) is 0 Å². The molecule has 0 radical (unpaired) electrons. The smallest absolute Gasteiger partial charge is 0.407 e. The number of nitrogens with two attached hydrogens (primary N) is 1. The molecule has 1 unspecified atom stereocenters. The maximum atomic E-state index is 12.4. The molecule has 4 N–H and O–H groups in total. The molecule has 2 fully saturated rings. The number of carboxylic acid groups (broad SMARTS) is 1. The van der Waals surface area contributed by atoms with E-state index in [4.69, 9.17) is 5.73 Å². The lowest BCUT2D eigenvalue weighted by Gasteiger charge is -2.24. The van der Waals surface area contributed by atoms with E-state index in [0.29, 0.717) is 30.0 Å². The minimum absolute atomic E-state index is 0.0148. The summed E-state index contributed by atoms with van der Waals surface area (Å²) in [7, 11) is 0. The van der Waals surface area contributed by atoms with Crippen molar-refractivity contribution in [2.24, 2.45) is 5.41 Å². The molecule has 2 saturated heterocycles. The van der Waals surface area contributed by atoms with E-state index in [1.165, 1.54) is 4.90 Å². The first-order chi connectivity index (χ1) is 13.5. The third-order valence-electron chi connectivity index (χ3n) is 5.69. The van der Waals surface area contributed by atoms with Crippen LogP contribution < -0.4 is 16.0 Å². The first-order valence-corrected chi connectivity index (χ1v) is 9.31. The van der Waals surface area contributed by atoms with Crippen LogP contribution in [0.2, 0.25) is 0 Å². The maximum Gasteiger partial charge on any atom is 0.407 e. The lowest BCUT2D eigenvalue weighted by Crippen LogP contribution is -2.33. The number of anilines is 3. The molecule has 146 valence electrons. The quantitative estimate of drug-likeness (QED) is 0.704. The van der Waals surface area contributed by atoms with Gasteiger partial charge in [0.05, 0.1) is 16.9 Å². The average molecular weight is 381 g/mol. The zero-order valence-electron chi connectivity index (χ0n) is 15.5. The first-order valence-electron chi connectivity index (χ1n) is 9.31. The average Bonchev–Trinajstić information content (AvgIpc) is 3.31. The number of amides is 2. The second-order valence-corrected chi connectivity index (χ2v) is 7.57. The van der Waals surface area contributed by atoms with Gasteiger partial charge in [0.15, 0.2) is 0 Å². The van der Waals surface area contributed by atoms with E-state index >= 15 is 0 Å². The summed E-state index contributed by atoms with van der Waals surface area (Å²) in [5, 5.41) is 12.0. The van der Waals surface area contributed by atoms with Crippen molar-refractivity contribution in [1.29, 1.82) is 0 Å². The molecule has 1 aromatic heterocycles. The molecular formula is C20H23N5O3. The standard InChI is InChI=1S/C20H23N5O3/c21-15-3-1-2-4-16(15)23-18(26)14-5-6-17(22-11-14)24-9-7-20(12-24)8-10-25(13-20)19(27)28/h1-6,11H,7-10,12-13,21H2,(H,23,26)(H,27,28). The van der Waals surface area contributed by atoms with E-state index in [-0.39, 0.29) is 11.3 Å². The van der Waals surface area contributed by atoms with Gasteiger partial charge >= 0.3 is 6.09 Å². The molecule has 1 spiro atoms. The summed E-state index contributed by atoms with van der Waals surface area (Å²) in [4.78, 5) is 31.7.